The van der Waals surface area contributed by atoms with Crippen LogP contribution in [0.2, 0.25) is 0 Å². The van der Waals surface area contributed by atoms with Gasteiger partial charge < -0.3 is 15.4 Å². The van der Waals surface area contributed by atoms with Crippen LogP contribution in [-0.4, -0.2) is 51.2 Å². The number of hydrogen-bond donors (Lipinski definition) is 2. The lowest BCUT2D eigenvalue weighted by molar-refractivity contribution is -0.118. The Morgan fingerprint density at radius 2 is 1.85 bits per heavy atom. The van der Waals surface area contributed by atoms with Gasteiger partial charge >= 0.3 is 6.03 Å². The van der Waals surface area contributed by atoms with Gasteiger partial charge in [0, 0.05) is 12.1 Å². The molecule has 1 aromatic carbocycles. The van der Waals surface area contributed by atoms with Crippen LogP contribution in [0.15, 0.2) is 35.6 Å². The molecule has 9 heteroatoms. The van der Waals surface area contributed by atoms with Crippen molar-refractivity contribution in [3.05, 3.63) is 41.7 Å². The van der Waals surface area contributed by atoms with Gasteiger partial charge in [0.2, 0.25) is 11.8 Å². The van der Waals surface area contributed by atoms with Crippen molar-refractivity contribution in [2.24, 2.45) is 10.9 Å². The largest absolute Gasteiger partial charge is 0.463 e. The lowest BCUT2D eigenvalue weighted by atomic mass is 9.78. The Morgan fingerprint density at radius 3 is 2.52 bits per heavy atom. The van der Waals surface area contributed by atoms with E-state index >= 15 is 0 Å². The highest BCUT2D eigenvalue weighted by molar-refractivity contribution is 6.09. The molecule has 172 valence electrons. The van der Waals surface area contributed by atoms with Crippen LogP contribution >= 0.6 is 0 Å². The molecule has 0 radical (unpaired) electrons. The molecule has 33 heavy (non-hydrogen) atoms. The van der Waals surface area contributed by atoms with E-state index < -0.39 is 5.60 Å². The van der Waals surface area contributed by atoms with Gasteiger partial charge in [-0.1, -0.05) is 24.3 Å². The highest BCUT2D eigenvalue weighted by Crippen LogP contribution is 2.40. The van der Waals surface area contributed by atoms with Gasteiger partial charge in [-0.15, -0.1) is 0 Å². The molecule has 3 heterocycles. The van der Waals surface area contributed by atoms with Gasteiger partial charge in [0.15, 0.2) is 11.5 Å². The number of nitrogens with two attached hydrogens (primary N) is 1. The van der Waals surface area contributed by atoms with Crippen LogP contribution in [-0.2, 0) is 4.79 Å². The fourth-order valence-electron chi connectivity index (χ4n) is 5.04. The average Bonchev–Trinajstić information content (AvgIpc) is 3.10. The third-order valence-electron chi connectivity index (χ3n) is 6.81. The van der Waals surface area contributed by atoms with Gasteiger partial charge in [-0.25, -0.2) is 14.8 Å². The molecule has 2 aliphatic heterocycles. The van der Waals surface area contributed by atoms with Gasteiger partial charge in [0.05, 0.1) is 5.71 Å². The minimum absolute atomic E-state index is 0.187. The molecule has 1 saturated heterocycles. The Kier molecular flexibility index (Phi) is 5.26. The minimum Gasteiger partial charge on any atom is -0.463 e. The fraction of sp³-hybridized carbons (Fsp3) is 0.458. The Morgan fingerprint density at radius 1 is 1.12 bits per heavy atom. The summed E-state index contributed by atoms with van der Waals surface area (Å²) in [5.41, 5.74) is 8.91. The van der Waals surface area contributed by atoms with Crippen LogP contribution in [0.25, 0.3) is 0 Å². The number of aliphatic imine (C=N–C) groups is 1. The summed E-state index contributed by atoms with van der Waals surface area (Å²) >= 11 is 0. The number of ether oxygens (including phenoxy) is 1. The number of fused-ring (bicyclic) bond motifs is 1. The van der Waals surface area contributed by atoms with Gasteiger partial charge in [-0.2, -0.15) is 4.98 Å². The van der Waals surface area contributed by atoms with E-state index in [2.05, 4.69) is 39.6 Å². The SMILES string of the molecule is CC1(C)Oc2ncnc(N)c2N=C1c1ccc(C2CCC(CN3CC(=O)NC3=O)CC2)cc1. The van der Waals surface area contributed by atoms with Gasteiger partial charge in [0.25, 0.3) is 0 Å². The van der Waals surface area contributed by atoms with Crippen molar-refractivity contribution in [1.82, 2.24) is 20.2 Å². The van der Waals surface area contributed by atoms with E-state index in [-0.39, 0.29) is 18.5 Å². The zero-order valence-corrected chi connectivity index (χ0v) is 18.9. The van der Waals surface area contributed by atoms with Crippen molar-refractivity contribution < 1.29 is 14.3 Å². The smallest absolute Gasteiger partial charge is 0.324 e. The lowest BCUT2D eigenvalue weighted by Crippen LogP contribution is -2.41. The van der Waals surface area contributed by atoms with Crippen LogP contribution in [0, 0.1) is 5.92 Å². The Hall–Kier alpha value is -3.49. The molecule has 9 nitrogen and oxygen atoms in total. The fourth-order valence-corrected chi connectivity index (χ4v) is 5.04. The number of nitrogens with zero attached hydrogens (tertiary/aromatic N) is 4. The summed E-state index contributed by atoms with van der Waals surface area (Å²) in [6.45, 7) is 4.78. The van der Waals surface area contributed by atoms with Gasteiger partial charge in [-0.3, -0.25) is 10.1 Å². The van der Waals surface area contributed by atoms with Crippen molar-refractivity contribution in [2.45, 2.75) is 51.0 Å². The third kappa shape index (κ3) is 4.15. The third-order valence-corrected chi connectivity index (χ3v) is 6.81. The summed E-state index contributed by atoms with van der Waals surface area (Å²) in [7, 11) is 0. The first-order chi connectivity index (χ1) is 15.8. The molecule has 3 aliphatic rings. The molecule has 1 aliphatic carbocycles. The second-order valence-electron chi connectivity index (χ2n) is 9.56. The first-order valence-corrected chi connectivity index (χ1v) is 11.4. The van der Waals surface area contributed by atoms with E-state index in [1.807, 2.05) is 13.8 Å². The Balaban J connectivity index is 1.26. The van der Waals surface area contributed by atoms with E-state index in [9.17, 15) is 9.59 Å². The highest BCUT2D eigenvalue weighted by Gasteiger charge is 2.35. The molecule has 2 aromatic rings. The van der Waals surface area contributed by atoms with E-state index in [4.69, 9.17) is 15.5 Å². The molecule has 0 atom stereocenters. The molecule has 3 N–H and O–H groups in total. The molecule has 0 bridgehead atoms. The average molecular weight is 449 g/mol. The zero-order valence-electron chi connectivity index (χ0n) is 18.9. The maximum absolute atomic E-state index is 11.8. The predicted molar refractivity (Wildman–Crippen MR) is 124 cm³/mol. The number of amides is 3. The second-order valence-corrected chi connectivity index (χ2v) is 9.56. The number of nitrogens with one attached hydrogen (secondary N) is 1. The number of benzene rings is 1. The van der Waals surface area contributed by atoms with Crippen LogP contribution in [0.1, 0.15) is 56.6 Å². The van der Waals surface area contributed by atoms with Crippen LogP contribution in [0.3, 0.4) is 0 Å². The summed E-state index contributed by atoms with van der Waals surface area (Å²) in [4.78, 5) is 37.8. The molecule has 1 saturated carbocycles. The van der Waals surface area contributed by atoms with E-state index in [1.165, 1.54) is 11.9 Å². The number of anilines is 1. The monoisotopic (exact) mass is 448 g/mol. The van der Waals surface area contributed by atoms with Crippen molar-refractivity contribution in [3.8, 4) is 5.88 Å². The number of carbonyl (C=O) groups is 2. The molecular weight excluding hydrogens is 420 g/mol. The molecular formula is C24H28N6O3. The second kappa shape index (κ2) is 8.13. The topological polar surface area (TPSA) is 123 Å². The first kappa shape index (κ1) is 21.4. The number of nitrogen functional groups attached to an aromatic ring is 1. The maximum Gasteiger partial charge on any atom is 0.324 e. The number of imide groups is 1. The first-order valence-electron chi connectivity index (χ1n) is 11.4. The van der Waals surface area contributed by atoms with Crippen molar-refractivity contribution in [2.75, 3.05) is 18.8 Å². The van der Waals surface area contributed by atoms with Crippen LogP contribution in [0.5, 0.6) is 5.88 Å². The molecule has 2 fully saturated rings. The Labute approximate surface area is 192 Å². The molecule has 0 spiro atoms. The van der Waals surface area contributed by atoms with Crippen LogP contribution in [0.4, 0.5) is 16.3 Å². The van der Waals surface area contributed by atoms with Crippen molar-refractivity contribution in [1.29, 1.82) is 0 Å². The van der Waals surface area contributed by atoms with Crippen molar-refractivity contribution in [3.63, 3.8) is 0 Å². The molecule has 5 rings (SSSR count). The number of hydrogen-bond acceptors (Lipinski definition) is 7. The van der Waals surface area contributed by atoms with E-state index in [0.29, 0.717) is 35.8 Å². The van der Waals surface area contributed by atoms with E-state index in [0.717, 1.165) is 37.0 Å². The van der Waals surface area contributed by atoms with Gasteiger partial charge in [0.1, 0.15) is 18.5 Å². The minimum atomic E-state index is -0.642. The Bertz CT molecular complexity index is 1120. The molecule has 1 aromatic heterocycles. The summed E-state index contributed by atoms with van der Waals surface area (Å²) in [5.74, 6) is 1.44. The van der Waals surface area contributed by atoms with Crippen LogP contribution < -0.4 is 15.8 Å². The molecule has 3 amide bonds. The zero-order chi connectivity index (χ0) is 23.2. The number of urea groups is 1. The van der Waals surface area contributed by atoms with Crippen molar-refractivity contribution >= 4 is 29.2 Å². The highest BCUT2D eigenvalue weighted by atomic mass is 16.5. The number of rotatable bonds is 4. The summed E-state index contributed by atoms with van der Waals surface area (Å²) in [5, 5.41) is 2.35. The predicted octanol–water partition coefficient (Wildman–Crippen LogP) is 3.18. The maximum atomic E-state index is 11.8. The molecule has 0 unspecified atom stereocenters. The summed E-state index contributed by atoms with van der Waals surface area (Å²) in [6, 6.07) is 8.27. The van der Waals surface area contributed by atoms with E-state index in [1.54, 1.807) is 4.90 Å². The van der Waals surface area contributed by atoms with Gasteiger partial charge in [-0.05, 0) is 56.9 Å². The number of aromatic nitrogens is 2. The summed E-state index contributed by atoms with van der Waals surface area (Å²) in [6.07, 6.45) is 5.63. The summed E-state index contributed by atoms with van der Waals surface area (Å²) < 4.78 is 6.08. The quantitative estimate of drug-likeness (QED) is 0.693. The lowest BCUT2D eigenvalue weighted by Gasteiger charge is -2.32. The normalized spacial score (nSPS) is 24.1. The standard InChI is InChI=1S/C24H28N6O3/c1-24(2)20(29-19-21(25)26-13-27-22(19)33-24)17-9-7-16(8-10-17)15-5-3-14(4-6-15)11-30-12-18(31)28-23(30)32/h7-10,13-15H,3-6,11-12H2,1-2H3,(H2,25,26,27)(H,28,31,32). The number of carbonyl (C=O) groups excluding carboxylic acids is 2.